The second-order valence-corrected chi connectivity index (χ2v) is 5.85. The highest BCUT2D eigenvalue weighted by Crippen LogP contribution is 2.12. The van der Waals surface area contributed by atoms with Gasteiger partial charge in [-0.1, -0.05) is 89.7 Å². The fraction of sp³-hybridized carbons (Fsp3) is 0.842. The first-order chi connectivity index (χ1) is 9.91. The van der Waals surface area contributed by atoms with E-state index in [1.54, 1.807) is 0 Å². The summed E-state index contributed by atoms with van der Waals surface area (Å²) in [6.07, 6.45) is 25.3. The van der Waals surface area contributed by atoms with Gasteiger partial charge in [0.1, 0.15) is 0 Å². The van der Waals surface area contributed by atoms with Gasteiger partial charge in [-0.2, -0.15) is 0 Å². The van der Waals surface area contributed by atoms with Gasteiger partial charge in [-0.05, 0) is 25.7 Å². The maximum absolute atomic E-state index is 8.62. The van der Waals surface area contributed by atoms with Gasteiger partial charge in [-0.15, -0.1) is 0 Å². The Kier molecular flexibility index (Phi) is 18.4. The zero-order valence-corrected chi connectivity index (χ0v) is 13.8. The molecule has 0 aliphatic heterocycles. The van der Waals surface area contributed by atoms with Crippen molar-refractivity contribution in [3.05, 3.63) is 18.6 Å². The number of unbranched alkanes of at least 4 members (excludes halogenated alkanes) is 13. The number of rotatable bonds is 16. The first-order valence-electron chi connectivity index (χ1n) is 9.01. The summed E-state index contributed by atoms with van der Waals surface area (Å²) in [7, 11) is 0. The Balaban J connectivity index is 2.97. The molecule has 0 aromatic heterocycles. The van der Waals surface area contributed by atoms with E-state index in [-0.39, 0.29) is 6.61 Å². The SMILES string of the molecule is CCCCCCCCCCCCCC/C=C/[CH]CCO. The number of hydrogen-bond acceptors (Lipinski definition) is 1. The largest absolute Gasteiger partial charge is 0.396 e. The molecule has 20 heavy (non-hydrogen) atoms. The van der Waals surface area contributed by atoms with Crippen LogP contribution in [0.15, 0.2) is 12.2 Å². The highest BCUT2D eigenvalue weighted by Gasteiger charge is 1.92. The maximum Gasteiger partial charge on any atom is 0.0436 e. The Labute approximate surface area is 127 Å². The summed E-state index contributed by atoms with van der Waals surface area (Å²) in [5, 5.41) is 8.62. The van der Waals surface area contributed by atoms with Crippen LogP contribution in [-0.2, 0) is 0 Å². The minimum Gasteiger partial charge on any atom is -0.396 e. The van der Waals surface area contributed by atoms with Crippen LogP contribution in [0.4, 0.5) is 0 Å². The lowest BCUT2D eigenvalue weighted by atomic mass is 10.0. The van der Waals surface area contributed by atoms with Gasteiger partial charge in [0.2, 0.25) is 0 Å². The van der Waals surface area contributed by atoms with E-state index in [9.17, 15) is 0 Å². The molecule has 0 atom stereocenters. The third-order valence-electron chi connectivity index (χ3n) is 3.79. The molecule has 0 aromatic carbocycles. The first-order valence-corrected chi connectivity index (χ1v) is 9.01. The molecule has 0 bridgehead atoms. The van der Waals surface area contributed by atoms with Crippen molar-refractivity contribution in [1.29, 1.82) is 0 Å². The van der Waals surface area contributed by atoms with Crippen molar-refractivity contribution >= 4 is 0 Å². The van der Waals surface area contributed by atoms with Crippen LogP contribution in [0.5, 0.6) is 0 Å². The predicted molar refractivity (Wildman–Crippen MR) is 90.8 cm³/mol. The molecule has 1 radical (unpaired) electrons. The smallest absolute Gasteiger partial charge is 0.0436 e. The van der Waals surface area contributed by atoms with E-state index >= 15 is 0 Å². The van der Waals surface area contributed by atoms with Gasteiger partial charge >= 0.3 is 0 Å². The zero-order valence-electron chi connectivity index (χ0n) is 13.8. The lowest BCUT2D eigenvalue weighted by molar-refractivity contribution is 0.299. The van der Waals surface area contributed by atoms with Crippen molar-refractivity contribution < 1.29 is 5.11 Å². The average molecular weight is 282 g/mol. The molecular weight excluding hydrogens is 244 g/mol. The highest BCUT2D eigenvalue weighted by atomic mass is 16.2. The van der Waals surface area contributed by atoms with Crippen LogP contribution in [0, 0.1) is 6.42 Å². The summed E-state index contributed by atoms with van der Waals surface area (Å²) in [6, 6.07) is 0. The molecule has 0 saturated heterocycles. The molecule has 0 amide bonds. The summed E-state index contributed by atoms with van der Waals surface area (Å²) in [6.45, 7) is 2.55. The Bertz CT molecular complexity index is 186. The van der Waals surface area contributed by atoms with Crippen LogP contribution >= 0.6 is 0 Å². The van der Waals surface area contributed by atoms with Crippen molar-refractivity contribution in [3.63, 3.8) is 0 Å². The van der Waals surface area contributed by atoms with E-state index in [2.05, 4.69) is 19.1 Å². The molecule has 0 heterocycles. The Morgan fingerprint density at radius 2 is 1.15 bits per heavy atom. The number of aliphatic hydroxyl groups is 1. The normalized spacial score (nSPS) is 11.5. The van der Waals surface area contributed by atoms with E-state index in [4.69, 9.17) is 5.11 Å². The van der Waals surface area contributed by atoms with Gasteiger partial charge in [-0.3, -0.25) is 0 Å². The van der Waals surface area contributed by atoms with Crippen molar-refractivity contribution in [1.82, 2.24) is 0 Å². The second kappa shape index (κ2) is 18.7. The van der Waals surface area contributed by atoms with Crippen LogP contribution in [0.2, 0.25) is 0 Å². The second-order valence-electron chi connectivity index (χ2n) is 5.85. The topological polar surface area (TPSA) is 20.2 Å². The maximum atomic E-state index is 8.62. The quantitative estimate of drug-likeness (QED) is 0.333. The molecule has 0 aliphatic rings. The average Bonchev–Trinajstić information content (AvgIpc) is 2.47. The van der Waals surface area contributed by atoms with Crippen molar-refractivity contribution in [3.8, 4) is 0 Å². The van der Waals surface area contributed by atoms with Crippen LogP contribution in [-0.4, -0.2) is 11.7 Å². The van der Waals surface area contributed by atoms with E-state index in [1.165, 1.54) is 83.5 Å². The van der Waals surface area contributed by atoms with Gasteiger partial charge in [-0.25, -0.2) is 0 Å². The van der Waals surface area contributed by atoms with E-state index in [1.807, 2.05) is 6.42 Å². The highest BCUT2D eigenvalue weighted by molar-refractivity contribution is 4.94. The fourth-order valence-corrected chi connectivity index (χ4v) is 2.47. The summed E-state index contributed by atoms with van der Waals surface area (Å²) in [5.74, 6) is 0. The third-order valence-corrected chi connectivity index (χ3v) is 3.79. The van der Waals surface area contributed by atoms with E-state index in [0.717, 1.165) is 6.42 Å². The Morgan fingerprint density at radius 1 is 0.650 bits per heavy atom. The lowest BCUT2D eigenvalue weighted by Crippen LogP contribution is -1.82. The van der Waals surface area contributed by atoms with Crippen molar-refractivity contribution in [2.24, 2.45) is 0 Å². The minimum atomic E-state index is 0.267. The monoisotopic (exact) mass is 281 g/mol. The lowest BCUT2D eigenvalue weighted by Gasteiger charge is -2.02. The Hall–Kier alpha value is -0.300. The van der Waals surface area contributed by atoms with Crippen molar-refractivity contribution in [2.45, 2.75) is 96.8 Å². The van der Waals surface area contributed by atoms with Gasteiger partial charge < -0.3 is 5.11 Å². The number of aliphatic hydroxyl groups excluding tert-OH is 1. The number of allylic oxidation sites excluding steroid dienone is 2. The van der Waals surface area contributed by atoms with Crippen LogP contribution in [0.3, 0.4) is 0 Å². The Morgan fingerprint density at radius 3 is 1.65 bits per heavy atom. The summed E-state index contributed by atoms with van der Waals surface area (Å²) in [4.78, 5) is 0. The van der Waals surface area contributed by atoms with E-state index in [0.29, 0.717) is 0 Å². The standard InChI is InChI=1S/C19H37O/c1-2-3-4-5-6-7-8-9-10-11-12-13-14-15-16-17-18-19-20/h15-17,20H,2-14,18-19H2,1H3/b16-15+. The summed E-state index contributed by atoms with van der Waals surface area (Å²) in [5.41, 5.74) is 0. The first kappa shape index (κ1) is 19.7. The predicted octanol–water partition coefficient (Wildman–Crippen LogP) is 6.22. The molecule has 0 spiro atoms. The van der Waals surface area contributed by atoms with Gasteiger partial charge in [0.15, 0.2) is 0 Å². The molecule has 0 unspecified atom stereocenters. The zero-order chi connectivity index (χ0) is 14.7. The van der Waals surface area contributed by atoms with Crippen LogP contribution in [0.1, 0.15) is 96.8 Å². The number of hydrogen-bond donors (Lipinski definition) is 1. The summed E-state index contributed by atoms with van der Waals surface area (Å²) >= 11 is 0. The molecule has 119 valence electrons. The molecule has 1 heteroatoms. The minimum absolute atomic E-state index is 0.267. The molecule has 0 rings (SSSR count). The molecular formula is C19H37O. The van der Waals surface area contributed by atoms with Gasteiger partial charge in [0.25, 0.3) is 0 Å². The molecule has 1 nitrogen and oxygen atoms in total. The fourth-order valence-electron chi connectivity index (χ4n) is 2.47. The van der Waals surface area contributed by atoms with Crippen molar-refractivity contribution in [2.75, 3.05) is 6.61 Å². The molecule has 0 aromatic rings. The molecule has 0 aliphatic carbocycles. The molecule has 0 fully saturated rings. The molecule has 1 N–H and O–H groups in total. The van der Waals surface area contributed by atoms with E-state index < -0.39 is 0 Å². The van der Waals surface area contributed by atoms with Crippen LogP contribution in [0.25, 0.3) is 0 Å². The summed E-state index contributed by atoms with van der Waals surface area (Å²) < 4.78 is 0. The third kappa shape index (κ3) is 17.7. The molecule has 0 saturated carbocycles. The van der Waals surface area contributed by atoms with Gasteiger partial charge in [0.05, 0.1) is 0 Å². The van der Waals surface area contributed by atoms with Crippen LogP contribution < -0.4 is 0 Å². The van der Waals surface area contributed by atoms with Gasteiger partial charge in [0, 0.05) is 6.61 Å².